The van der Waals surface area contributed by atoms with E-state index >= 15 is 0 Å². The molecule has 0 spiro atoms. The Bertz CT molecular complexity index is 1250. The molecule has 8 nitrogen and oxygen atoms in total. The average Bonchev–Trinajstić information content (AvgIpc) is 3.31. The van der Waals surface area contributed by atoms with Gasteiger partial charge in [-0.3, -0.25) is 9.99 Å². The number of hydrazone groups is 1. The van der Waals surface area contributed by atoms with Crippen LogP contribution in [0.3, 0.4) is 0 Å². The van der Waals surface area contributed by atoms with Gasteiger partial charge in [0.1, 0.15) is 6.10 Å². The molecule has 0 fully saturated rings. The predicted octanol–water partition coefficient (Wildman–Crippen LogP) is 4.43. The number of benzene rings is 3. The lowest BCUT2D eigenvalue weighted by Gasteiger charge is -2.14. The van der Waals surface area contributed by atoms with Crippen molar-refractivity contribution in [1.82, 2.24) is 14.8 Å². The standard InChI is InChI=1S/C25H23N5O3S/c1-2-33-24(32)23(28-26-19-14-8-4-9-15-19)34-25-29-27-22(21(31)18-12-6-3-7-13-18)30(25)20-16-10-5-11-17-20/h3-17,21,26,31H,2H2,1H3/b28-23+/t21-/m0/s1. The molecule has 1 heterocycles. The number of hydrogen-bond acceptors (Lipinski definition) is 8. The first-order chi connectivity index (χ1) is 16.7. The zero-order chi connectivity index (χ0) is 23.8. The second-order valence-electron chi connectivity index (χ2n) is 7.04. The van der Waals surface area contributed by atoms with Gasteiger partial charge in [-0.1, -0.05) is 66.7 Å². The lowest BCUT2D eigenvalue weighted by Crippen LogP contribution is -2.17. The summed E-state index contributed by atoms with van der Waals surface area (Å²) in [6, 6.07) is 27.9. The highest BCUT2D eigenvalue weighted by molar-refractivity contribution is 8.15. The van der Waals surface area contributed by atoms with Gasteiger partial charge in [-0.05, 0) is 48.5 Å². The van der Waals surface area contributed by atoms with E-state index in [1.165, 1.54) is 0 Å². The number of aliphatic hydroxyl groups is 1. The van der Waals surface area contributed by atoms with E-state index in [0.29, 0.717) is 16.5 Å². The third-order valence-corrected chi connectivity index (χ3v) is 5.63. The number of carbonyl (C=O) groups excluding carboxylic acids is 1. The van der Waals surface area contributed by atoms with Crippen molar-refractivity contribution in [3.8, 4) is 5.69 Å². The lowest BCUT2D eigenvalue weighted by molar-refractivity contribution is -0.134. The first-order valence-corrected chi connectivity index (χ1v) is 11.5. The second kappa shape index (κ2) is 11.3. The van der Waals surface area contributed by atoms with Crippen LogP contribution in [-0.4, -0.2) is 37.5 Å². The molecule has 0 amide bonds. The van der Waals surface area contributed by atoms with Crippen LogP contribution in [0.4, 0.5) is 5.69 Å². The molecule has 4 rings (SSSR count). The molecule has 0 saturated heterocycles. The molecular formula is C25H23N5O3S. The SMILES string of the molecule is CCOC(=O)/C(=N\Nc1ccccc1)Sc1nnc([C@@H](O)c2ccccc2)n1-c1ccccc1. The predicted molar refractivity (Wildman–Crippen MR) is 132 cm³/mol. The van der Waals surface area contributed by atoms with Crippen LogP contribution in [0.15, 0.2) is 101 Å². The maximum atomic E-state index is 12.7. The molecule has 0 aliphatic rings. The Labute approximate surface area is 201 Å². The molecule has 4 aromatic rings. The Morgan fingerprint density at radius 3 is 2.26 bits per heavy atom. The topological polar surface area (TPSA) is 102 Å². The maximum absolute atomic E-state index is 12.7. The molecule has 172 valence electrons. The smallest absolute Gasteiger partial charge is 0.365 e. The second-order valence-corrected chi connectivity index (χ2v) is 8.00. The molecule has 3 aromatic carbocycles. The number of aliphatic hydroxyl groups excluding tert-OH is 1. The summed E-state index contributed by atoms with van der Waals surface area (Å²) in [5, 5.41) is 24.3. The van der Waals surface area contributed by atoms with E-state index < -0.39 is 12.1 Å². The molecule has 0 radical (unpaired) electrons. The fourth-order valence-corrected chi connectivity index (χ4v) is 3.92. The molecular weight excluding hydrogens is 450 g/mol. The molecule has 1 aromatic heterocycles. The third kappa shape index (κ3) is 5.51. The molecule has 0 aliphatic carbocycles. The van der Waals surface area contributed by atoms with Gasteiger partial charge in [0.05, 0.1) is 12.3 Å². The highest BCUT2D eigenvalue weighted by Crippen LogP contribution is 2.29. The number of aromatic nitrogens is 3. The van der Waals surface area contributed by atoms with Crippen LogP contribution in [0.5, 0.6) is 0 Å². The number of carbonyl (C=O) groups is 1. The Morgan fingerprint density at radius 2 is 1.62 bits per heavy atom. The summed E-state index contributed by atoms with van der Waals surface area (Å²) in [4.78, 5) is 12.7. The monoisotopic (exact) mass is 473 g/mol. The van der Waals surface area contributed by atoms with E-state index in [0.717, 1.165) is 23.1 Å². The highest BCUT2D eigenvalue weighted by Gasteiger charge is 2.25. The van der Waals surface area contributed by atoms with E-state index in [9.17, 15) is 9.90 Å². The number of thioether (sulfide) groups is 1. The fourth-order valence-electron chi connectivity index (χ4n) is 3.15. The summed E-state index contributed by atoms with van der Waals surface area (Å²) in [7, 11) is 0. The number of nitrogens with zero attached hydrogens (tertiary/aromatic N) is 4. The summed E-state index contributed by atoms with van der Waals surface area (Å²) in [6.45, 7) is 1.93. The van der Waals surface area contributed by atoms with Crippen molar-refractivity contribution in [2.24, 2.45) is 5.10 Å². The van der Waals surface area contributed by atoms with Crippen LogP contribution in [-0.2, 0) is 9.53 Å². The van der Waals surface area contributed by atoms with E-state index in [-0.39, 0.29) is 11.7 Å². The zero-order valence-corrected chi connectivity index (χ0v) is 19.2. The van der Waals surface area contributed by atoms with Gasteiger partial charge < -0.3 is 9.84 Å². The van der Waals surface area contributed by atoms with Crippen molar-refractivity contribution in [2.45, 2.75) is 18.2 Å². The highest BCUT2D eigenvalue weighted by atomic mass is 32.2. The lowest BCUT2D eigenvalue weighted by atomic mass is 10.1. The summed E-state index contributed by atoms with van der Waals surface area (Å²) in [5.41, 5.74) is 5.01. The van der Waals surface area contributed by atoms with Crippen LogP contribution >= 0.6 is 11.8 Å². The van der Waals surface area contributed by atoms with Gasteiger partial charge in [-0.15, -0.1) is 10.2 Å². The maximum Gasteiger partial charge on any atom is 0.365 e. The van der Waals surface area contributed by atoms with Crippen molar-refractivity contribution in [3.05, 3.63) is 102 Å². The van der Waals surface area contributed by atoms with Gasteiger partial charge in [0.25, 0.3) is 0 Å². The largest absolute Gasteiger partial charge is 0.461 e. The Hall–Kier alpha value is -3.95. The summed E-state index contributed by atoms with van der Waals surface area (Å²) in [5.74, 6) is -0.275. The van der Waals surface area contributed by atoms with Crippen molar-refractivity contribution >= 4 is 28.5 Å². The van der Waals surface area contributed by atoms with Crippen LogP contribution in [0.2, 0.25) is 0 Å². The van der Waals surface area contributed by atoms with E-state index in [1.54, 1.807) is 11.5 Å². The Morgan fingerprint density at radius 1 is 1.00 bits per heavy atom. The quantitative estimate of drug-likeness (QED) is 0.135. The Kier molecular flexibility index (Phi) is 7.69. The normalized spacial score (nSPS) is 12.2. The minimum atomic E-state index is -1.02. The first kappa shape index (κ1) is 23.2. The van der Waals surface area contributed by atoms with Crippen LogP contribution in [0, 0.1) is 0 Å². The average molecular weight is 474 g/mol. The van der Waals surface area contributed by atoms with Crippen LogP contribution in [0.25, 0.3) is 5.69 Å². The minimum absolute atomic E-state index is 0.0519. The third-order valence-electron chi connectivity index (χ3n) is 4.73. The molecule has 2 N–H and O–H groups in total. The van der Waals surface area contributed by atoms with E-state index in [4.69, 9.17) is 4.74 Å². The first-order valence-electron chi connectivity index (χ1n) is 10.6. The molecule has 0 saturated carbocycles. The molecule has 0 unspecified atom stereocenters. The number of anilines is 1. The van der Waals surface area contributed by atoms with Crippen molar-refractivity contribution < 1.29 is 14.6 Å². The van der Waals surface area contributed by atoms with Gasteiger partial charge in [0.2, 0.25) is 10.2 Å². The zero-order valence-electron chi connectivity index (χ0n) is 18.4. The van der Waals surface area contributed by atoms with Crippen LogP contribution in [0.1, 0.15) is 24.4 Å². The van der Waals surface area contributed by atoms with Crippen molar-refractivity contribution in [2.75, 3.05) is 12.0 Å². The molecule has 34 heavy (non-hydrogen) atoms. The molecule has 9 heteroatoms. The van der Waals surface area contributed by atoms with Crippen LogP contribution < -0.4 is 5.43 Å². The summed E-state index contributed by atoms with van der Waals surface area (Å²) in [6.07, 6.45) is -1.02. The van der Waals surface area contributed by atoms with Crippen molar-refractivity contribution in [3.63, 3.8) is 0 Å². The van der Waals surface area contributed by atoms with Gasteiger partial charge in [0.15, 0.2) is 5.82 Å². The van der Waals surface area contributed by atoms with Crippen molar-refractivity contribution in [1.29, 1.82) is 0 Å². The molecule has 1 atom stereocenters. The number of rotatable bonds is 7. The van der Waals surface area contributed by atoms with Gasteiger partial charge in [-0.2, -0.15) is 5.10 Å². The van der Waals surface area contributed by atoms with Gasteiger partial charge in [-0.25, -0.2) is 4.79 Å². The number of nitrogens with one attached hydrogen (secondary N) is 1. The number of para-hydroxylation sites is 2. The van der Waals surface area contributed by atoms with Gasteiger partial charge >= 0.3 is 5.97 Å². The summed E-state index contributed by atoms with van der Waals surface area (Å²) >= 11 is 1.00. The number of ether oxygens (including phenoxy) is 1. The molecule has 0 bridgehead atoms. The number of hydrogen-bond donors (Lipinski definition) is 2. The summed E-state index contributed by atoms with van der Waals surface area (Å²) < 4.78 is 6.90. The van der Waals surface area contributed by atoms with E-state index in [1.807, 2.05) is 91.0 Å². The van der Waals surface area contributed by atoms with E-state index in [2.05, 4.69) is 20.7 Å². The fraction of sp³-hybridized carbons (Fsp3) is 0.120. The molecule has 0 aliphatic heterocycles. The van der Waals surface area contributed by atoms with Gasteiger partial charge in [0, 0.05) is 5.69 Å². The Balaban J connectivity index is 1.73. The number of esters is 1. The minimum Gasteiger partial charge on any atom is -0.461 e.